The van der Waals surface area contributed by atoms with E-state index >= 15 is 0 Å². The lowest BCUT2D eigenvalue weighted by molar-refractivity contribution is -0.137. The van der Waals surface area contributed by atoms with Crippen LogP contribution >= 0.6 is 0 Å². The highest BCUT2D eigenvalue weighted by Crippen LogP contribution is 2.30. The summed E-state index contributed by atoms with van der Waals surface area (Å²) in [6.07, 6.45) is -0.0101. The molecule has 110 valence electrons. The first-order valence-electron chi connectivity index (χ1n) is 6.00. The largest absolute Gasteiger partial charge is 0.462 e. The Morgan fingerprint density at radius 2 is 1.68 bits per heavy atom. The second-order valence-corrected chi connectivity index (χ2v) is 8.68. The van der Waals surface area contributed by atoms with Gasteiger partial charge in [0.2, 0.25) is 0 Å². The number of sulfone groups is 2. The van der Waals surface area contributed by atoms with Crippen molar-refractivity contribution in [3.63, 3.8) is 0 Å². The van der Waals surface area contributed by atoms with Gasteiger partial charge in [-0.15, -0.1) is 0 Å². The highest BCUT2D eigenvalue weighted by Gasteiger charge is 2.39. The maximum Gasteiger partial charge on any atom is 0.350 e. The van der Waals surface area contributed by atoms with E-state index in [1.54, 1.807) is 13.8 Å². The Balaban J connectivity index is 3.67. The van der Waals surface area contributed by atoms with Crippen molar-refractivity contribution in [1.82, 2.24) is 0 Å². The molecule has 0 N–H and O–H groups in total. The number of hydrogen-bond donors (Lipinski definition) is 0. The quantitative estimate of drug-likeness (QED) is 0.710. The molecule has 1 aliphatic rings. The van der Waals surface area contributed by atoms with E-state index in [9.17, 15) is 21.6 Å². The Morgan fingerprint density at radius 3 is 2.16 bits per heavy atom. The fourth-order valence-electron chi connectivity index (χ4n) is 1.99. The van der Waals surface area contributed by atoms with Crippen molar-refractivity contribution in [3.05, 3.63) is 9.81 Å². The molecule has 6 nitrogen and oxygen atoms in total. The van der Waals surface area contributed by atoms with E-state index in [1.165, 1.54) is 6.92 Å². The molecule has 8 heteroatoms. The van der Waals surface area contributed by atoms with Crippen LogP contribution in [0.15, 0.2) is 9.81 Å². The van der Waals surface area contributed by atoms with Gasteiger partial charge in [-0.1, -0.05) is 13.8 Å². The first-order valence-corrected chi connectivity index (χ1v) is 9.30. The zero-order valence-electron chi connectivity index (χ0n) is 11.2. The van der Waals surface area contributed by atoms with Crippen LogP contribution in [0.1, 0.15) is 27.2 Å². The molecular formula is C11H18O6S2. The normalized spacial score (nSPS) is 22.1. The number of rotatable bonds is 3. The lowest BCUT2D eigenvalue weighted by atomic mass is 10.2. The van der Waals surface area contributed by atoms with E-state index in [2.05, 4.69) is 0 Å². The van der Waals surface area contributed by atoms with Crippen molar-refractivity contribution < 1.29 is 26.4 Å². The summed E-state index contributed by atoms with van der Waals surface area (Å²) in [5, 5.41) is 0. The summed E-state index contributed by atoms with van der Waals surface area (Å²) in [7, 11) is -7.66. The molecule has 0 spiro atoms. The number of allylic oxidation sites excluding steroid dienone is 1. The topological polar surface area (TPSA) is 94.6 Å². The summed E-state index contributed by atoms with van der Waals surface area (Å²) >= 11 is 0. The lowest BCUT2D eigenvalue weighted by Gasteiger charge is -2.14. The van der Waals surface area contributed by atoms with Gasteiger partial charge in [-0.2, -0.15) is 0 Å². The van der Waals surface area contributed by atoms with Crippen LogP contribution < -0.4 is 0 Å². The van der Waals surface area contributed by atoms with Crippen LogP contribution in [-0.2, 0) is 29.2 Å². The monoisotopic (exact) mass is 310 g/mol. The molecule has 0 saturated heterocycles. The van der Waals surface area contributed by atoms with Gasteiger partial charge in [0.1, 0.15) is 0 Å². The van der Waals surface area contributed by atoms with Gasteiger partial charge in [-0.3, -0.25) is 0 Å². The molecule has 0 aromatic carbocycles. The van der Waals surface area contributed by atoms with E-state index in [0.717, 1.165) is 0 Å². The minimum Gasteiger partial charge on any atom is -0.462 e. The molecule has 0 aromatic rings. The number of hydrogen-bond acceptors (Lipinski definition) is 6. The van der Waals surface area contributed by atoms with Gasteiger partial charge < -0.3 is 4.74 Å². The molecule has 1 aliphatic heterocycles. The van der Waals surface area contributed by atoms with Gasteiger partial charge in [0.05, 0.1) is 23.0 Å². The molecule has 0 amide bonds. The van der Waals surface area contributed by atoms with Crippen molar-refractivity contribution in [2.45, 2.75) is 27.2 Å². The minimum atomic E-state index is -3.92. The number of ether oxygens (including phenoxy) is 1. The van der Waals surface area contributed by atoms with Crippen molar-refractivity contribution >= 4 is 25.6 Å². The molecule has 0 radical (unpaired) electrons. The maximum absolute atomic E-state index is 12.1. The van der Waals surface area contributed by atoms with Gasteiger partial charge in [-0.05, 0) is 19.3 Å². The predicted molar refractivity (Wildman–Crippen MR) is 70.7 cm³/mol. The van der Waals surface area contributed by atoms with Crippen LogP contribution in [0.2, 0.25) is 0 Å². The second kappa shape index (κ2) is 5.62. The average molecular weight is 310 g/mol. The first-order chi connectivity index (χ1) is 8.63. The molecule has 1 rings (SSSR count). The van der Waals surface area contributed by atoms with Crippen molar-refractivity contribution in [3.8, 4) is 0 Å². The lowest BCUT2D eigenvalue weighted by Crippen LogP contribution is -2.23. The van der Waals surface area contributed by atoms with E-state index in [1.807, 2.05) is 0 Å². The highest BCUT2D eigenvalue weighted by molar-refractivity contribution is 8.00. The van der Waals surface area contributed by atoms with Crippen LogP contribution in [0.3, 0.4) is 0 Å². The minimum absolute atomic E-state index is 0.0101. The third-order valence-corrected chi connectivity index (χ3v) is 6.82. The first kappa shape index (κ1) is 16.2. The zero-order chi connectivity index (χ0) is 14.8. The molecular weight excluding hydrogens is 292 g/mol. The molecule has 0 aromatic heterocycles. The van der Waals surface area contributed by atoms with Gasteiger partial charge in [0, 0.05) is 0 Å². The zero-order valence-corrected chi connectivity index (χ0v) is 12.8. The Labute approximate surface area is 113 Å². The summed E-state index contributed by atoms with van der Waals surface area (Å²) in [5.41, 5.74) is 0. The summed E-state index contributed by atoms with van der Waals surface area (Å²) in [6, 6.07) is 0. The average Bonchev–Trinajstić information content (AvgIpc) is 2.32. The molecule has 0 bridgehead atoms. The summed E-state index contributed by atoms with van der Waals surface area (Å²) in [6.45, 7) is 4.62. The predicted octanol–water partition coefficient (Wildman–Crippen LogP) is 0.650. The van der Waals surface area contributed by atoms with Crippen molar-refractivity contribution in [1.29, 1.82) is 0 Å². The third-order valence-electron chi connectivity index (χ3n) is 2.68. The summed E-state index contributed by atoms with van der Waals surface area (Å²) in [4.78, 5) is 10.9. The van der Waals surface area contributed by atoms with Gasteiger partial charge in [0.15, 0.2) is 24.6 Å². The van der Waals surface area contributed by atoms with Crippen LogP contribution in [0, 0.1) is 5.92 Å². The van der Waals surface area contributed by atoms with E-state index in [-0.39, 0.29) is 29.4 Å². The van der Waals surface area contributed by atoms with Gasteiger partial charge in [0.25, 0.3) is 0 Å². The van der Waals surface area contributed by atoms with Crippen molar-refractivity contribution in [2.75, 3.05) is 18.1 Å². The molecule has 0 unspecified atom stereocenters. The van der Waals surface area contributed by atoms with Crippen LogP contribution in [0.5, 0.6) is 0 Å². The highest BCUT2D eigenvalue weighted by atomic mass is 32.2. The number of carbonyl (C=O) groups excluding carboxylic acids is 1. The van der Waals surface area contributed by atoms with Crippen molar-refractivity contribution in [2.24, 2.45) is 5.92 Å². The number of esters is 1. The Kier molecular flexibility index (Phi) is 4.78. The smallest absolute Gasteiger partial charge is 0.350 e. The Hall–Kier alpha value is -0.890. The summed E-state index contributed by atoms with van der Waals surface area (Å²) in [5.74, 6) is -2.27. The second-order valence-electron chi connectivity index (χ2n) is 4.56. The Morgan fingerprint density at radius 1 is 1.16 bits per heavy atom. The molecule has 1 heterocycles. The maximum atomic E-state index is 12.1. The van der Waals surface area contributed by atoms with Crippen LogP contribution in [-0.4, -0.2) is 40.9 Å². The summed E-state index contributed by atoms with van der Waals surface area (Å²) < 4.78 is 53.1. The van der Waals surface area contributed by atoms with E-state index in [4.69, 9.17) is 4.74 Å². The molecule has 19 heavy (non-hydrogen) atoms. The van der Waals surface area contributed by atoms with Crippen LogP contribution in [0.4, 0.5) is 0 Å². The molecule has 0 fully saturated rings. The van der Waals surface area contributed by atoms with E-state index < -0.39 is 36.5 Å². The SMILES string of the molecule is CCOC(=O)C1=C(C(C)C)S(=O)(=O)CCCS1(=O)=O. The third kappa shape index (κ3) is 3.36. The standard InChI is InChI=1S/C11H18O6S2/c1-4-17-11(12)10-9(8(2)3)18(13,14)6-5-7-19(10,15)16/h8H,4-7H2,1-3H3. The van der Waals surface area contributed by atoms with Crippen LogP contribution in [0.25, 0.3) is 0 Å². The fraction of sp³-hybridized carbons (Fsp3) is 0.727. The van der Waals surface area contributed by atoms with Gasteiger partial charge in [-0.25, -0.2) is 21.6 Å². The molecule has 0 atom stereocenters. The molecule has 0 aliphatic carbocycles. The Bertz CT molecular complexity index is 595. The molecule has 0 saturated carbocycles. The number of carbonyl (C=O) groups is 1. The van der Waals surface area contributed by atoms with E-state index in [0.29, 0.717) is 0 Å². The fourth-order valence-corrected chi connectivity index (χ4v) is 6.35. The van der Waals surface area contributed by atoms with Gasteiger partial charge >= 0.3 is 5.97 Å².